The number of nitro benzene ring substituents is 1. The number of nitrogens with zero attached hydrogens (tertiary/aromatic N) is 1. The number of fused-ring (bicyclic) bond motifs is 4. The molecule has 6 rings (SSSR count). The Morgan fingerprint density at radius 3 is 2.57 bits per heavy atom. The van der Waals surface area contributed by atoms with Crippen molar-refractivity contribution in [3.05, 3.63) is 112 Å². The fraction of sp³-hybridized carbons (Fsp3) is 0.207. The smallest absolute Gasteiger partial charge is 0.335 e. The summed E-state index contributed by atoms with van der Waals surface area (Å²) in [7, 11) is 0. The van der Waals surface area contributed by atoms with Crippen molar-refractivity contribution < 1.29 is 14.8 Å². The van der Waals surface area contributed by atoms with Gasteiger partial charge in [0.2, 0.25) is 0 Å². The molecule has 1 aliphatic heterocycles. The summed E-state index contributed by atoms with van der Waals surface area (Å²) in [5.74, 6) is -1.02. The van der Waals surface area contributed by atoms with Crippen LogP contribution in [-0.4, -0.2) is 26.6 Å². The van der Waals surface area contributed by atoms with Gasteiger partial charge in [-0.15, -0.1) is 23.4 Å². The van der Waals surface area contributed by atoms with Crippen LogP contribution in [0.15, 0.2) is 89.8 Å². The number of nitro groups is 1. The SMILES string of the molecule is O=C(O)c1ccc2c(c1)[C@@H]1[C@H](Cl)[C@H](Sc3ccccc3[N+](=O)[O-])C[C@@H]1[C@@H](c1cccc3ccccc13)N2. The summed E-state index contributed by atoms with van der Waals surface area (Å²) in [6.07, 6.45) is 0.729. The molecule has 0 radical (unpaired) electrons. The average Bonchev–Trinajstić information content (AvgIpc) is 3.23. The lowest BCUT2D eigenvalue weighted by Crippen LogP contribution is -2.31. The number of carbonyl (C=O) groups is 1. The molecule has 1 saturated carbocycles. The molecule has 4 aromatic rings. The maximum Gasteiger partial charge on any atom is 0.335 e. The first-order chi connectivity index (χ1) is 17.9. The minimum atomic E-state index is -0.981. The maximum absolute atomic E-state index is 11.8. The molecule has 1 heterocycles. The Morgan fingerprint density at radius 1 is 1.00 bits per heavy atom. The van der Waals surface area contributed by atoms with E-state index in [1.165, 1.54) is 23.4 Å². The van der Waals surface area contributed by atoms with E-state index in [1.54, 1.807) is 30.3 Å². The molecule has 0 bridgehead atoms. The quantitative estimate of drug-likeness (QED) is 0.158. The summed E-state index contributed by atoms with van der Waals surface area (Å²) in [5.41, 5.74) is 3.24. The number of alkyl halides is 1. The number of benzene rings is 4. The lowest BCUT2D eigenvalue weighted by molar-refractivity contribution is -0.387. The van der Waals surface area contributed by atoms with Crippen LogP contribution in [0.2, 0.25) is 0 Å². The predicted molar refractivity (Wildman–Crippen MR) is 147 cm³/mol. The highest BCUT2D eigenvalue weighted by atomic mass is 35.5. The first-order valence-electron chi connectivity index (χ1n) is 12.1. The number of nitrogens with one attached hydrogen (secondary N) is 1. The summed E-state index contributed by atoms with van der Waals surface area (Å²) in [6, 6.07) is 26.5. The zero-order valence-electron chi connectivity index (χ0n) is 19.6. The Labute approximate surface area is 222 Å². The minimum absolute atomic E-state index is 0.0445. The van der Waals surface area contributed by atoms with Gasteiger partial charge in [0.15, 0.2) is 0 Å². The highest BCUT2D eigenvalue weighted by Gasteiger charge is 2.50. The fourth-order valence-corrected chi connectivity index (χ4v) is 7.89. The van der Waals surface area contributed by atoms with Crippen LogP contribution in [-0.2, 0) is 0 Å². The molecule has 0 amide bonds. The fourth-order valence-electron chi connectivity index (χ4n) is 5.95. The van der Waals surface area contributed by atoms with Gasteiger partial charge >= 0.3 is 5.97 Å². The second kappa shape index (κ2) is 9.39. The van der Waals surface area contributed by atoms with Crippen LogP contribution >= 0.6 is 23.4 Å². The van der Waals surface area contributed by atoms with Crippen molar-refractivity contribution in [2.24, 2.45) is 5.92 Å². The number of rotatable bonds is 5. The summed E-state index contributed by atoms with van der Waals surface area (Å²) >= 11 is 8.65. The molecule has 4 aromatic carbocycles. The lowest BCUT2D eigenvalue weighted by Gasteiger charge is -2.39. The van der Waals surface area contributed by atoms with Gasteiger partial charge < -0.3 is 10.4 Å². The largest absolute Gasteiger partial charge is 0.478 e. The first-order valence-corrected chi connectivity index (χ1v) is 13.4. The minimum Gasteiger partial charge on any atom is -0.478 e. The number of thioether (sulfide) groups is 1. The molecule has 6 nitrogen and oxygen atoms in total. The third-order valence-corrected chi connectivity index (χ3v) is 9.67. The number of aromatic carboxylic acids is 1. The number of halogens is 1. The molecule has 2 N–H and O–H groups in total. The number of carboxylic acids is 1. The molecule has 1 fully saturated rings. The van der Waals surface area contributed by atoms with Crippen LogP contribution in [0.25, 0.3) is 10.8 Å². The van der Waals surface area contributed by atoms with Gasteiger partial charge in [-0.2, -0.15) is 0 Å². The van der Waals surface area contributed by atoms with Gasteiger partial charge in [0.1, 0.15) is 0 Å². The maximum atomic E-state index is 11.8. The second-order valence-electron chi connectivity index (χ2n) is 9.55. The van der Waals surface area contributed by atoms with Gasteiger partial charge in [-0.25, -0.2) is 4.79 Å². The molecule has 8 heteroatoms. The Hall–Kier alpha value is -3.55. The summed E-state index contributed by atoms with van der Waals surface area (Å²) in [6.45, 7) is 0. The average molecular weight is 531 g/mol. The number of hydrogen-bond acceptors (Lipinski definition) is 5. The van der Waals surface area contributed by atoms with Crippen LogP contribution in [0.5, 0.6) is 0 Å². The number of hydrogen-bond donors (Lipinski definition) is 2. The van der Waals surface area contributed by atoms with Crippen molar-refractivity contribution >= 4 is 51.5 Å². The van der Waals surface area contributed by atoms with Crippen molar-refractivity contribution in [2.45, 2.75) is 33.9 Å². The van der Waals surface area contributed by atoms with E-state index in [4.69, 9.17) is 11.6 Å². The van der Waals surface area contributed by atoms with E-state index in [-0.39, 0.29) is 44.7 Å². The standard InChI is InChI=1S/C29H23ClN2O4S/c30-27-25(37-24-11-4-3-10-23(24)32(35)36)15-21-26(27)20-14-17(29(33)34)12-13-22(20)31-28(21)19-9-5-7-16-6-1-2-8-18(16)19/h1-14,21,25-28,31H,15H2,(H,33,34)/t21-,25+,26-,27+,28+/m0/s1. The monoisotopic (exact) mass is 530 g/mol. The molecular weight excluding hydrogens is 508 g/mol. The predicted octanol–water partition coefficient (Wildman–Crippen LogP) is 7.48. The van der Waals surface area contributed by atoms with Crippen molar-refractivity contribution in [3.63, 3.8) is 0 Å². The molecule has 0 unspecified atom stereocenters. The summed E-state index contributed by atoms with van der Waals surface area (Å²) in [5, 5.41) is 26.9. The number of para-hydroxylation sites is 1. The zero-order valence-corrected chi connectivity index (χ0v) is 21.2. The van der Waals surface area contributed by atoms with E-state index in [2.05, 4.69) is 35.6 Å². The molecule has 37 heavy (non-hydrogen) atoms. The van der Waals surface area contributed by atoms with Crippen LogP contribution in [0.1, 0.15) is 39.9 Å². The molecule has 186 valence electrons. The number of anilines is 1. The molecule has 0 saturated heterocycles. The zero-order chi connectivity index (χ0) is 25.7. The van der Waals surface area contributed by atoms with E-state index in [0.29, 0.717) is 4.90 Å². The van der Waals surface area contributed by atoms with Gasteiger partial charge in [0.05, 0.1) is 26.8 Å². The van der Waals surface area contributed by atoms with Gasteiger partial charge in [-0.3, -0.25) is 10.1 Å². The molecular formula is C29H23ClN2O4S. The van der Waals surface area contributed by atoms with Gasteiger partial charge in [-0.05, 0) is 58.5 Å². The van der Waals surface area contributed by atoms with E-state index < -0.39 is 5.97 Å². The van der Waals surface area contributed by atoms with Crippen LogP contribution in [0.4, 0.5) is 11.4 Å². The summed E-state index contributed by atoms with van der Waals surface area (Å²) in [4.78, 5) is 23.7. The first kappa shape index (κ1) is 23.8. The molecule has 2 aliphatic rings. The Balaban J connectivity index is 1.46. The molecule has 0 aromatic heterocycles. The number of carboxylic acid groups (broad SMARTS) is 1. The van der Waals surface area contributed by atoms with Gasteiger partial charge in [0, 0.05) is 22.9 Å². The van der Waals surface area contributed by atoms with E-state index in [1.807, 2.05) is 18.2 Å². The second-order valence-corrected chi connectivity index (χ2v) is 11.3. The van der Waals surface area contributed by atoms with Gasteiger partial charge in [0.25, 0.3) is 5.69 Å². The highest BCUT2D eigenvalue weighted by molar-refractivity contribution is 8.00. The van der Waals surface area contributed by atoms with Crippen LogP contribution in [0, 0.1) is 16.0 Å². The van der Waals surface area contributed by atoms with Crippen molar-refractivity contribution in [2.75, 3.05) is 5.32 Å². The van der Waals surface area contributed by atoms with Crippen molar-refractivity contribution in [3.8, 4) is 0 Å². The topological polar surface area (TPSA) is 92.5 Å². The molecule has 5 atom stereocenters. The van der Waals surface area contributed by atoms with Crippen molar-refractivity contribution in [1.29, 1.82) is 0 Å². The third-order valence-electron chi connectivity index (χ3n) is 7.56. The molecule has 0 spiro atoms. The van der Waals surface area contributed by atoms with E-state index >= 15 is 0 Å². The summed E-state index contributed by atoms with van der Waals surface area (Å²) < 4.78 is 0. The Bertz CT molecular complexity index is 1540. The Morgan fingerprint density at radius 2 is 1.76 bits per heavy atom. The van der Waals surface area contributed by atoms with E-state index in [9.17, 15) is 20.0 Å². The van der Waals surface area contributed by atoms with E-state index in [0.717, 1.165) is 28.4 Å². The lowest BCUT2D eigenvalue weighted by atomic mass is 9.76. The van der Waals surface area contributed by atoms with Crippen LogP contribution < -0.4 is 5.32 Å². The Kier molecular flexibility index (Phi) is 6.05. The third kappa shape index (κ3) is 4.12. The van der Waals surface area contributed by atoms with Crippen LogP contribution in [0.3, 0.4) is 0 Å². The normalized spacial score (nSPS) is 24.2. The molecule has 1 aliphatic carbocycles. The highest BCUT2D eigenvalue weighted by Crippen LogP contribution is 2.58. The van der Waals surface area contributed by atoms with Crippen molar-refractivity contribution in [1.82, 2.24) is 0 Å². The van der Waals surface area contributed by atoms with Gasteiger partial charge in [-0.1, -0.05) is 54.6 Å².